The first kappa shape index (κ1) is 17.4. The van der Waals surface area contributed by atoms with Crippen LogP contribution in [0.1, 0.15) is 30.5 Å². The number of aliphatic hydroxyl groups is 1. The number of rotatable bonds is 5. The summed E-state index contributed by atoms with van der Waals surface area (Å²) in [5, 5.41) is 14.8. The summed E-state index contributed by atoms with van der Waals surface area (Å²) in [6.07, 6.45) is 5.73. The van der Waals surface area contributed by atoms with Crippen LogP contribution in [0.25, 0.3) is 0 Å². The Morgan fingerprint density at radius 3 is 3.04 bits per heavy atom. The van der Waals surface area contributed by atoms with E-state index in [1.54, 1.807) is 19.1 Å². The summed E-state index contributed by atoms with van der Waals surface area (Å²) in [6, 6.07) is -0.372. The number of fused-ring (bicyclic) bond motifs is 1. The lowest BCUT2D eigenvalue weighted by Gasteiger charge is -2.38. The average molecular weight is 337 g/mol. The summed E-state index contributed by atoms with van der Waals surface area (Å²) in [4.78, 5) is 14.1. The number of amides is 1. The second kappa shape index (κ2) is 7.63. The molecule has 7 heteroatoms. The fraction of sp³-hybridized carbons (Fsp3) is 0.765. The van der Waals surface area contributed by atoms with Crippen molar-refractivity contribution >= 4 is 5.91 Å². The Bertz CT molecular complexity index is 574. The second-order valence-corrected chi connectivity index (χ2v) is 6.67. The predicted octanol–water partition coefficient (Wildman–Crippen LogP) is 0.385. The van der Waals surface area contributed by atoms with Gasteiger partial charge in [0, 0.05) is 32.8 Å². The van der Waals surface area contributed by atoms with Crippen LogP contribution in [0.5, 0.6) is 0 Å². The largest absolute Gasteiger partial charge is 0.388 e. The number of carbonyl (C=O) groups excluding carboxylic acids is 1. The molecule has 3 atom stereocenters. The fourth-order valence-electron chi connectivity index (χ4n) is 3.61. The molecule has 0 radical (unpaired) electrons. The van der Waals surface area contributed by atoms with E-state index in [-0.39, 0.29) is 11.9 Å². The first-order valence-corrected chi connectivity index (χ1v) is 8.69. The van der Waals surface area contributed by atoms with E-state index in [0.717, 1.165) is 12.8 Å². The highest BCUT2D eigenvalue weighted by atomic mass is 16.5. The molecule has 2 aliphatic rings. The van der Waals surface area contributed by atoms with Gasteiger partial charge in [-0.3, -0.25) is 9.48 Å². The number of hydrogen-bond acceptors (Lipinski definition) is 5. The van der Waals surface area contributed by atoms with Gasteiger partial charge in [-0.2, -0.15) is 5.10 Å². The quantitative estimate of drug-likeness (QED) is 0.841. The maximum absolute atomic E-state index is 12.5. The molecule has 7 nitrogen and oxygen atoms in total. The van der Waals surface area contributed by atoms with Crippen LogP contribution in [0.3, 0.4) is 0 Å². The first-order chi connectivity index (χ1) is 11.6. The summed E-state index contributed by atoms with van der Waals surface area (Å²) in [5.74, 6) is -0.0144. The predicted molar refractivity (Wildman–Crippen MR) is 87.7 cm³/mol. The molecule has 1 amide bonds. The molecule has 24 heavy (non-hydrogen) atoms. The van der Waals surface area contributed by atoms with E-state index < -0.39 is 12.2 Å². The number of carbonyl (C=O) groups is 1. The molecular formula is C17H27N3O4. The van der Waals surface area contributed by atoms with Gasteiger partial charge in [0.1, 0.15) is 12.2 Å². The van der Waals surface area contributed by atoms with Gasteiger partial charge < -0.3 is 19.5 Å². The molecule has 1 fully saturated rings. The molecule has 134 valence electrons. The monoisotopic (exact) mass is 337 g/mol. The molecule has 0 aromatic carbocycles. The minimum atomic E-state index is -0.727. The molecule has 1 aliphatic heterocycles. The van der Waals surface area contributed by atoms with Gasteiger partial charge in [-0.05, 0) is 31.2 Å². The molecule has 1 N–H and O–H groups in total. The lowest BCUT2D eigenvalue weighted by molar-refractivity contribution is -0.158. The van der Waals surface area contributed by atoms with Crippen molar-refractivity contribution in [2.75, 3.05) is 27.4 Å². The molecule has 1 aromatic heterocycles. The van der Waals surface area contributed by atoms with E-state index in [0.29, 0.717) is 26.2 Å². The maximum atomic E-state index is 12.5. The van der Waals surface area contributed by atoms with Crippen LogP contribution in [0.4, 0.5) is 0 Å². The molecule has 0 saturated carbocycles. The Morgan fingerprint density at radius 2 is 2.25 bits per heavy atom. The number of methoxy groups -OCH3 is 1. The van der Waals surface area contributed by atoms with Crippen LogP contribution in [-0.4, -0.2) is 71.3 Å². The molecule has 0 bridgehead atoms. The van der Waals surface area contributed by atoms with Gasteiger partial charge in [-0.1, -0.05) is 0 Å². The van der Waals surface area contributed by atoms with Crippen LogP contribution >= 0.6 is 0 Å². The third kappa shape index (κ3) is 3.48. The molecule has 1 aliphatic carbocycles. The average Bonchev–Trinajstić information content (AvgIpc) is 3.02. The van der Waals surface area contributed by atoms with Gasteiger partial charge in [0.05, 0.1) is 25.5 Å². The normalized spacial score (nSPS) is 26.9. The van der Waals surface area contributed by atoms with Gasteiger partial charge in [0.2, 0.25) is 5.91 Å². The van der Waals surface area contributed by atoms with Gasteiger partial charge in [0.15, 0.2) is 0 Å². The number of aryl methyl sites for hydroxylation is 2. The van der Waals surface area contributed by atoms with Crippen molar-refractivity contribution in [3.05, 3.63) is 17.5 Å². The maximum Gasteiger partial charge on any atom is 0.224 e. The van der Waals surface area contributed by atoms with Crippen LogP contribution in [0.15, 0.2) is 6.20 Å². The first-order valence-electron chi connectivity index (χ1n) is 8.69. The van der Waals surface area contributed by atoms with E-state index in [1.165, 1.54) is 24.1 Å². The highest BCUT2D eigenvalue weighted by molar-refractivity contribution is 5.76. The van der Waals surface area contributed by atoms with Crippen molar-refractivity contribution in [3.8, 4) is 0 Å². The zero-order valence-electron chi connectivity index (χ0n) is 14.5. The third-order valence-corrected chi connectivity index (χ3v) is 5.22. The molecule has 1 saturated heterocycles. The topological polar surface area (TPSA) is 76.8 Å². The van der Waals surface area contributed by atoms with E-state index in [4.69, 9.17) is 9.47 Å². The van der Waals surface area contributed by atoms with Gasteiger partial charge in [-0.15, -0.1) is 0 Å². The number of aromatic nitrogens is 2. The lowest BCUT2D eigenvalue weighted by Crippen LogP contribution is -2.56. The third-order valence-electron chi connectivity index (χ3n) is 5.22. The smallest absolute Gasteiger partial charge is 0.224 e. The molecule has 1 aromatic rings. The highest BCUT2D eigenvalue weighted by Crippen LogP contribution is 2.21. The summed E-state index contributed by atoms with van der Waals surface area (Å²) in [7, 11) is 3.26. The molecule has 2 heterocycles. The Balaban J connectivity index is 1.57. The zero-order chi connectivity index (χ0) is 17.1. The highest BCUT2D eigenvalue weighted by Gasteiger charge is 2.36. The van der Waals surface area contributed by atoms with Crippen LogP contribution < -0.4 is 0 Å². The van der Waals surface area contributed by atoms with Crippen molar-refractivity contribution in [1.82, 2.24) is 14.7 Å². The summed E-state index contributed by atoms with van der Waals surface area (Å²) < 4.78 is 12.6. The summed E-state index contributed by atoms with van der Waals surface area (Å²) in [5.41, 5.74) is 2.60. The SMILES string of the molecule is CO[C@@H]1COC[C@@H](N(C)C(=O)CCn2ncc3c2CCCC3)[C@@H]1O. The van der Waals surface area contributed by atoms with E-state index in [2.05, 4.69) is 5.10 Å². The molecule has 3 rings (SSSR count). The van der Waals surface area contributed by atoms with Crippen molar-refractivity contribution in [2.45, 2.75) is 56.9 Å². The number of likely N-dealkylation sites (N-methyl/N-ethyl adjacent to an activating group) is 1. The number of ether oxygens (including phenoxy) is 2. The fourth-order valence-corrected chi connectivity index (χ4v) is 3.61. The summed E-state index contributed by atoms with van der Waals surface area (Å²) >= 11 is 0. The minimum Gasteiger partial charge on any atom is -0.388 e. The minimum absolute atomic E-state index is 0.0144. The molecule has 0 unspecified atom stereocenters. The molecular weight excluding hydrogens is 310 g/mol. The van der Waals surface area contributed by atoms with Crippen molar-refractivity contribution in [1.29, 1.82) is 0 Å². The summed E-state index contributed by atoms with van der Waals surface area (Å²) in [6.45, 7) is 1.27. The van der Waals surface area contributed by atoms with Crippen LogP contribution in [0, 0.1) is 0 Å². The van der Waals surface area contributed by atoms with E-state index >= 15 is 0 Å². The van der Waals surface area contributed by atoms with E-state index in [1.807, 2.05) is 10.9 Å². The number of hydrogen-bond donors (Lipinski definition) is 1. The van der Waals surface area contributed by atoms with Gasteiger partial charge >= 0.3 is 0 Å². The van der Waals surface area contributed by atoms with Crippen molar-refractivity contribution < 1.29 is 19.4 Å². The van der Waals surface area contributed by atoms with Crippen molar-refractivity contribution in [2.24, 2.45) is 0 Å². The Kier molecular flexibility index (Phi) is 5.53. The second-order valence-electron chi connectivity index (χ2n) is 6.67. The zero-order valence-corrected chi connectivity index (χ0v) is 14.5. The number of nitrogens with zero attached hydrogens (tertiary/aromatic N) is 3. The lowest BCUT2D eigenvalue weighted by atomic mass is 9.98. The van der Waals surface area contributed by atoms with E-state index in [9.17, 15) is 9.90 Å². The van der Waals surface area contributed by atoms with Gasteiger partial charge in [0.25, 0.3) is 0 Å². The Hall–Kier alpha value is -1.44. The van der Waals surface area contributed by atoms with Crippen LogP contribution in [-0.2, 0) is 33.7 Å². The molecule has 0 spiro atoms. The standard InChI is InChI=1S/C17H27N3O4/c1-19(14-10-24-11-15(23-2)17(14)22)16(21)7-8-20-13-6-4-3-5-12(13)9-18-20/h9,14-15,17,22H,3-8,10-11H2,1-2H3/t14-,15-,17+/m1/s1. The Labute approximate surface area is 142 Å². The van der Waals surface area contributed by atoms with Gasteiger partial charge in [-0.25, -0.2) is 0 Å². The number of aliphatic hydroxyl groups excluding tert-OH is 1. The van der Waals surface area contributed by atoms with Crippen LogP contribution in [0.2, 0.25) is 0 Å². The van der Waals surface area contributed by atoms with Crippen molar-refractivity contribution in [3.63, 3.8) is 0 Å². The Morgan fingerprint density at radius 1 is 1.46 bits per heavy atom.